The first-order valence-corrected chi connectivity index (χ1v) is 5.42. The van der Waals surface area contributed by atoms with E-state index in [1.165, 1.54) is 12.8 Å². The van der Waals surface area contributed by atoms with E-state index < -0.39 is 0 Å². The highest BCUT2D eigenvalue weighted by molar-refractivity contribution is 5.85. The number of carbonyl (C=O) groups is 1. The molecule has 1 heterocycles. The highest BCUT2D eigenvalue weighted by Crippen LogP contribution is 2.22. The van der Waals surface area contributed by atoms with Crippen LogP contribution in [0.1, 0.15) is 25.7 Å². The van der Waals surface area contributed by atoms with Gasteiger partial charge in [0.25, 0.3) is 0 Å². The summed E-state index contributed by atoms with van der Waals surface area (Å²) in [5.74, 6) is 0.110. The molecule has 0 radical (unpaired) electrons. The van der Waals surface area contributed by atoms with Gasteiger partial charge in [0.2, 0.25) is 5.91 Å². The van der Waals surface area contributed by atoms with Crippen molar-refractivity contribution in [1.29, 1.82) is 0 Å². The molecule has 1 aliphatic heterocycles. The number of amides is 1. The van der Waals surface area contributed by atoms with Gasteiger partial charge in [0.15, 0.2) is 0 Å². The molecule has 0 spiro atoms. The molecule has 0 unspecified atom stereocenters. The summed E-state index contributed by atoms with van der Waals surface area (Å²) in [4.78, 5) is 13.5. The molecule has 1 aliphatic carbocycles. The molecule has 2 rings (SSSR count). The summed E-state index contributed by atoms with van der Waals surface area (Å²) < 4.78 is 5.11. The van der Waals surface area contributed by atoms with Crippen LogP contribution >= 0.6 is 12.4 Å². The molecule has 1 saturated carbocycles. The van der Waals surface area contributed by atoms with Crippen molar-refractivity contribution in [3.63, 3.8) is 0 Å². The highest BCUT2D eigenvalue weighted by Gasteiger charge is 2.32. The van der Waals surface area contributed by atoms with E-state index in [0.29, 0.717) is 6.61 Å². The third-order valence-electron chi connectivity index (χ3n) is 3.20. The Morgan fingerprint density at radius 3 is 2.73 bits per heavy atom. The summed E-state index contributed by atoms with van der Waals surface area (Å²) in [7, 11) is 0. The summed E-state index contributed by atoms with van der Waals surface area (Å²) in [5.41, 5.74) is 6.04. The van der Waals surface area contributed by atoms with Gasteiger partial charge in [-0.3, -0.25) is 4.79 Å². The van der Waals surface area contributed by atoms with Crippen molar-refractivity contribution in [3.8, 4) is 0 Å². The second-order valence-corrected chi connectivity index (χ2v) is 4.16. The van der Waals surface area contributed by atoms with Gasteiger partial charge in [-0.1, -0.05) is 12.8 Å². The molecule has 5 heteroatoms. The number of carbonyl (C=O) groups excluding carboxylic acids is 1. The largest absolute Gasteiger partial charge is 0.370 e. The third kappa shape index (κ3) is 2.83. The zero-order valence-electron chi connectivity index (χ0n) is 8.85. The number of morpholine rings is 1. The molecule has 2 fully saturated rings. The molecule has 0 aromatic carbocycles. The first-order valence-electron chi connectivity index (χ1n) is 5.42. The molecule has 2 aliphatic rings. The van der Waals surface area contributed by atoms with Crippen molar-refractivity contribution in [1.82, 2.24) is 4.90 Å². The quantitative estimate of drug-likeness (QED) is 0.721. The van der Waals surface area contributed by atoms with E-state index >= 15 is 0 Å². The van der Waals surface area contributed by atoms with Gasteiger partial charge in [-0.15, -0.1) is 12.4 Å². The van der Waals surface area contributed by atoms with Crippen LogP contribution in [0.4, 0.5) is 0 Å². The normalized spacial score (nSPS) is 32.3. The van der Waals surface area contributed by atoms with Gasteiger partial charge in [0.1, 0.15) is 6.61 Å². The third-order valence-corrected chi connectivity index (χ3v) is 3.20. The zero-order valence-corrected chi connectivity index (χ0v) is 9.67. The maximum Gasteiger partial charge on any atom is 0.248 e. The predicted molar refractivity (Wildman–Crippen MR) is 60.0 cm³/mol. The van der Waals surface area contributed by atoms with Crippen LogP contribution in [-0.2, 0) is 9.53 Å². The van der Waals surface area contributed by atoms with Crippen LogP contribution in [-0.4, -0.2) is 42.6 Å². The Kier molecular flexibility index (Phi) is 4.83. The zero-order chi connectivity index (χ0) is 9.97. The molecule has 88 valence electrons. The number of rotatable bonds is 1. The SMILES string of the molecule is Cl.N[C@@H]1CCCC[C@H]1N1CCOCC1=O. The van der Waals surface area contributed by atoms with Gasteiger partial charge in [0, 0.05) is 18.6 Å². The minimum atomic E-state index is 0. The van der Waals surface area contributed by atoms with E-state index in [4.69, 9.17) is 10.5 Å². The molecule has 2 N–H and O–H groups in total. The lowest BCUT2D eigenvalue weighted by molar-refractivity contribution is -0.146. The van der Waals surface area contributed by atoms with Gasteiger partial charge in [-0.25, -0.2) is 0 Å². The van der Waals surface area contributed by atoms with Crippen LogP contribution < -0.4 is 5.73 Å². The molecule has 15 heavy (non-hydrogen) atoms. The first-order chi connectivity index (χ1) is 6.79. The van der Waals surface area contributed by atoms with Crippen LogP contribution in [0.15, 0.2) is 0 Å². The Balaban J connectivity index is 0.00000112. The minimum absolute atomic E-state index is 0. The topological polar surface area (TPSA) is 55.6 Å². The Labute approximate surface area is 96.5 Å². The van der Waals surface area contributed by atoms with Gasteiger partial charge < -0.3 is 15.4 Å². The second-order valence-electron chi connectivity index (χ2n) is 4.16. The van der Waals surface area contributed by atoms with Crippen molar-refractivity contribution in [2.75, 3.05) is 19.8 Å². The van der Waals surface area contributed by atoms with Crippen molar-refractivity contribution >= 4 is 18.3 Å². The summed E-state index contributed by atoms with van der Waals surface area (Å²) >= 11 is 0. The molecule has 4 nitrogen and oxygen atoms in total. The summed E-state index contributed by atoms with van der Waals surface area (Å²) in [5, 5.41) is 0. The van der Waals surface area contributed by atoms with E-state index in [-0.39, 0.29) is 37.0 Å². The molecular weight excluding hydrogens is 216 g/mol. The van der Waals surface area contributed by atoms with E-state index in [1.54, 1.807) is 0 Å². The summed E-state index contributed by atoms with van der Waals surface area (Å²) in [6, 6.07) is 0.436. The second kappa shape index (κ2) is 5.68. The highest BCUT2D eigenvalue weighted by atomic mass is 35.5. The molecule has 1 amide bonds. The van der Waals surface area contributed by atoms with Crippen molar-refractivity contribution in [2.24, 2.45) is 5.73 Å². The standard InChI is InChI=1S/C10H18N2O2.ClH/c11-8-3-1-2-4-9(8)12-5-6-14-7-10(12)13;/h8-9H,1-7,11H2;1H/t8-,9-;/m1./s1. The van der Waals surface area contributed by atoms with Crippen LogP contribution in [0.3, 0.4) is 0 Å². The molecule has 0 aromatic rings. The maximum atomic E-state index is 11.6. The smallest absolute Gasteiger partial charge is 0.248 e. The Morgan fingerprint density at radius 2 is 2.07 bits per heavy atom. The lowest BCUT2D eigenvalue weighted by Gasteiger charge is -2.40. The number of hydrogen-bond donors (Lipinski definition) is 1. The molecule has 2 atom stereocenters. The number of halogens is 1. The molecule has 0 aromatic heterocycles. The van der Waals surface area contributed by atoms with Crippen LogP contribution in [0.25, 0.3) is 0 Å². The minimum Gasteiger partial charge on any atom is -0.370 e. The van der Waals surface area contributed by atoms with Crippen LogP contribution in [0, 0.1) is 0 Å². The van der Waals surface area contributed by atoms with E-state index in [0.717, 1.165) is 19.4 Å². The lowest BCUT2D eigenvalue weighted by Crippen LogP contribution is -2.55. The number of nitrogens with zero attached hydrogens (tertiary/aromatic N) is 1. The predicted octanol–water partition coefficient (Wildman–Crippen LogP) is 0.537. The molecule has 0 bridgehead atoms. The maximum absolute atomic E-state index is 11.6. The van der Waals surface area contributed by atoms with Crippen molar-refractivity contribution < 1.29 is 9.53 Å². The van der Waals surface area contributed by atoms with E-state index in [2.05, 4.69) is 0 Å². The summed E-state index contributed by atoms with van der Waals surface area (Å²) in [6.45, 7) is 1.62. The fraction of sp³-hybridized carbons (Fsp3) is 0.900. The number of nitrogens with two attached hydrogens (primary N) is 1. The Hall–Kier alpha value is -0.320. The van der Waals surface area contributed by atoms with E-state index in [1.807, 2.05) is 4.90 Å². The van der Waals surface area contributed by atoms with Gasteiger partial charge in [-0.2, -0.15) is 0 Å². The fourth-order valence-corrected chi connectivity index (χ4v) is 2.41. The lowest BCUT2D eigenvalue weighted by atomic mass is 9.89. The average molecular weight is 235 g/mol. The number of ether oxygens (including phenoxy) is 1. The van der Waals surface area contributed by atoms with Crippen molar-refractivity contribution in [3.05, 3.63) is 0 Å². The van der Waals surface area contributed by atoms with Crippen LogP contribution in [0.5, 0.6) is 0 Å². The molecule has 1 saturated heterocycles. The first kappa shape index (κ1) is 12.7. The van der Waals surface area contributed by atoms with Gasteiger partial charge in [-0.05, 0) is 12.8 Å². The molecular formula is C10H19ClN2O2. The van der Waals surface area contributed by atoms with Crippen LogP contribution in [0.2, 0.25) is 0 Å². The Morgan fingerprint density at radius 1 is 1.33 bits per heavy atom. The van der Waals surface area contributed by atoms with Gasteiger partial charge >= 0.3 is 0 Å². The number of hydrogen-bond acceptors (Lipinski definition) is 3. The average Bonchev–Trinajstić information content (AvgIpc) is 2.20. The van der Waals surface area contributed by atoms with Gasteiger partial charge in [0.05, 0.1) is 6.61 Å². The Bertz CT molecular complexity index is 225. The monoisotopic (exact) mass is 234 g/mol. The van der Waals surface area contributed by atoms with E-state index in [9.17, 15) is 4.79 Å². The van der Waals surface area contributed by atoms with Crippen molar-refractivity contribution in [2.45, 2.75) is 37.8 Å². The fourth-order valence-electron chi connectivity index (χ4n) is 2.41. The summed E-state index contributed by atoms with van der Waals surface area (Å²) in [6.07, 6.45) is 4.52.